The quantitative estimate of drug-likeness (QED) is 0.496. The van der Waals surface area contributed by atoms with E-state index in [2.05, 4.69) is 4.98 Å². The Morgan fingerprint density at radius 2 is 1.77 bits per heavy atom. The summed E-state index contributed by atoms with van der Waals surface area (Å²) in [4.78, 5) is 31.8. The lowest BCUT2D eigenvalue weighted by molar-refractivity contribution is -0.133. The van der Waals surface area contributed by atoms with Crippen molar-refractivity contribution in [2.45, 2.75) is 64.0 Å². The Morgan fingerprint density at radius 3 is 2.35 bits per heavy atom. The van der Waals surface area contributed by atoms with Crippen LogP contribution in [0.2, 0.25) is 0 Å². The van der Waals surface area contributed by atoms with Crippen LogP contribution in [-0.4, -0.2) is 77.6 Å². The van der Waals surface area contributed by atoms with Crippen LogP contribution < -0.4 is 10.5 Å². The number of pyridine rings is 1. The third kappa shape index (κ3) is 7.24. The Morgan fingerprint density at radius 1 is 1.07 bits per heavy atom. The number of carbonyl (C=O) groups is 2. The minimum Gasteiger partial charge on any atom is -0.477 e. The highest BCUT2D eigenvalue weighted by Gasteiger charge is 2.42. The van der Waals surface area contributed by atoms with Gasteiger partial charge in [-0.3, -0.25) is 4.79 Å². The third-order valence-electron chi connectivity index (χ3n) is 7.54. The Bertz CT molecular complexity index is 1190. The van der Waals surface area contributed by atoms with E-state index in [1.165, 1.54) is 6.07 Å². The van der Waals surface area contributed by atoms with Crippen molar-refractivity contribution in [2.24, 2.45) is 11.7 Å². The number of amides is 2. The van der Waals surface area contributed by atoms with Gasteiger partial charge < -0.3 is 25.0 Å². The molecule has 40 heavy (non-hydrogen) atoms. The summed E-state index contributed by atoms with van der Waals surface area (Å²) in [5, 5.41) is 0. The molecule has 2 saturated heterocycles. The molecule has 1 aromatic heterocycles. The third-order valence-corrected chi connectivity index (χ3v) is 7.54. The second-order valence-electron chi connectivity index (χ2n) is 11.0. The Labute approximate surface area is 232 Å². The number of piperidine rings is 1. The smallest absolute Gasteiger partial charge is 0.410 e. The van der Waals surface area contributed by atoms with Crippen LogP contribution in [0.4, 0.5) is 18.0 Å². The predicted molar refractivity (Wildman–Crippen MR) is 144 cm³/mol. The van der Waals surface area contributed by atoms with E-state index < -0.39 is 42.6 Å². The van der Waals surface area contributed by atoms with E-state index in [1.807, 2.05) is 13.8 Å². The molecule has 218 valence electrons. The fourth-order valence-electron chi connectivity index (χ4n) is 5.02. The van der Waals surface area contributed by atoms with Gasteiger partial charge >= 0.3 is 6.09 Å². The van der Waals surface area contributed by atoms with Crippen LogP contribution >= 0.6 is 0 Å². The average molecular weight is 563 g/mol. The van der Waals surface area contributed by atoms with Crippen LogP contribution in [0.1, 0.15) is 51.5 Å². The van der Waals surface area contributed by atoms with E-state index in [4.69, 9.17) is 15.2 Å². The van der Waals surface area contributed by atoms with Crippen molar-refractivity contribution in [1.29, 1.82) is 0 Å². The molecule has 2 unspecified atom stereocenters. The zero-order valence-corrected chi connectivity index (χ0v) is 23.1. The van der Waals surface area contributed by atoms with Crippen molar-refractivity contribution >= 4 is 12.0 Å². The summed E-state index contributed by atoms with van der Waals surface area (Å²) < 4.78 is 53.2. The molecule has 0 radical (unpaired) electrons. The number of alkyl halides is 2. The molecular weight excluding hydrogens is 525 g/mol. The number of hydrogen-bond acceptors (Lipinski definition) is 6. The van der Waals surface area contributed by atoms with Crippen molar-refractivity contribution in [3.05, 3.63) is 47.9 Å². The lowest BCUT2D eigenvalue weighted by atomic mass is 9.91. The van der Waals surface area contributed by atoms with Gasteiger partial charge in [-0.15, -0.1) is 0 Å². The van der Waals surface area contributed by atoms with Crippen molar-refractivity contribution < 1.29 is 32.2 Å². The lowest BCUT2D eigenvalue weighted by Crippen LogP contribution is -2.46. The monoisotopic (exact) mass is 562 g/mol. The van der Waals surface area contributed by atoms with E-state index in [-0.39, 0.29) is 24.3 Å². The van der Waals surface area contributed by atoms with Crippen molar-refractivity contribution in [2.75, 3.05) is 32.8 Å². The molecule has 11 heteroatoms. The van der Waals surface area contributed by atoms with E-state index in [1.54, 1.807) is 42.3 Å². The van der Waals surface area contributed by atoms with Gasteiger partial charge in [0.25, 0.3) is 5.92 Å². The molecule has 2 atom stereocenters. The average Bonchev–Trinajstić information content (AvgIpc) is 3.30. The molecule has 3 heterocycles. The SMILES string of the molecule is CC(C)OC(=O)N1CCC(COc2ccc(-c3ccc(C(C)C(N)C(=O)N4CCC(F)(F)C4)c(F)c3)cn2)CC1. The van der Waals surface area contributed by atoms with Gasteiger partial charge in [-0.1, -0.05) is 19.1 Å². The van der Waals surface area contributed by atoms with Crippen LogP contribution in [0, 0.1) is 11.7 Å². The molecule has 2 amide bonds. The Balaban J connectivity index is 1.30. The van der Waals surface area contributed by atoms with Crippen LogP contribution in [0.5, 0.6) is 5.88 Å². The van der Waals surface area contributed by atoms with E-state index in [0.29, 0.717) is 42.6 Å². The number of carbonyl (C=O) groups excluding carboxylic acids is 2. The fourth-order valence-corrected chi connectivity index (χ4v) is 5.02. The maximum atomic E-state index is 15.1. The second-order valence-corrected chi connectivity index (χ2v) is 11.0. The van der Waals surface area contributed by atoms with Crippen LogP contribution in [0.3, 0.4) is 0 Å². The van der Waals surface area contributed by atoms with Gasteiger partial charge in [-0.05, 0) is 55.9 Å². The van der Waals surface area contributed by atoms with Gasteiger partial charge in [0.05, 0.1) is 25.3 Å². The highest BCUT2D eigenvalue weighted by molar-refractivity contribution is 5.83. The molecule has 2 N–H and O–H groups in total. The summed E-state index contributed by atoms with van der Waals surface area (Å²) in [6, 6.07) is 7.00. The van der Waals surface area contributed by atoms with Gasteiger partial charge in [0.15, 0.2) is 0 Å². The van der Waals surface area contributed by atoms with Crippen molar-refractivity contribution in [3.8, 4) is 17.0 Å². The number of ether oxygens (including phenoxy) is 2. The number of likely N-dealkylation sites (tertiary alicyclic amines) is 2. The van der Waals surface area contributed by atoms with Crippen LogP contribution in [0.25, 0.3) is 11.1 Å². The zero-order chi connectivity index (χ0) is 29.0. The van der Waals surface area contributed by atoms with Crippen LogP contribution in [0.15, 0.2) is 36.5 Å². The van der Waals surface area contributed by atoms with Gasteiger partial charge in [0.1, 0.15) is 5.82 Å². The van der Waals surface area contributed by atoms with Gasteiger partial charge in [-0.25, -0.2) is 22.9 Å². The molecule has 2 aliphatic heterocycles. The van der Waals surface area contributed by atoms with Crippen molar-refractivity contribution in [3.63, 3.8) is 0 Å². The summed E-state index contributed by atoms with van der Waals surface area (Å²) >= 11 is 0. The van der Waals surface area contributed by atoms with Gasteiger partial charge in [-0.2, -0.15) is 0 Å². The maximum Gasteiger partial charge on any atom is 0.410 e. The minimum absolute atomic E-state index is 0.0610. The lowest BCUT2D eigenvalue weighted by Gasteiger charge is -2.31. The molecule has 2 fully saturated rings. The molecule has 2 aromatic rings. The summed E-state index contributed by atoms with van der Waals surface area (Å²) in [7, 11) is 0. The normalized spacial score (nSPS) is 19.0. The predicted octanol–water partition coefficient (Wildman–Crippen LogP) is 4.82. The molecule has 0 spiro atoms. The zero-order valence-electron chi connectivity index (χ0n) is 23.1. The number of hydrogen-bond donors (Lipinski definition) is 1. The molecule has 4 rings (SSSR count). The highest BCUT2D eigenvalue weighted by Crippen LogP contribution is 2.31. The molecule has 0 saturated carbocycles. The van der Waals surface area contributed by atoms with E-state index in [9.17, 15) is 18.4 Å². The Kier molecular flexibility index (Phi) is 9.22. The number of benzene rings is 1. The molecule has 8 nitrogen and oxygen atoms in total. The van der Waals surface area contributed by atoms with Gasteiger partial charge in [0, 0.05) is 49.8 Å². The summed E-state index contributed by atoms with van der Waals surface area (Å²) in [6.45, 7) is 6.28. The standard InChI is InChI=1S/C29H37F3N4O4/c1-18(2)40-28(38)35-11-8-20(9-12-35)16-39-25-7-5-22(15-34-25)21-4-6-23(24(30)14-21)19(3)26(33)27(37)36-13-10-29(31,32)17-36/h4-7,14-15,18-20,26H,8-13,16-17,33H2,1-3H3. The molecule has 0 aliphatic carbocycles. The summed E-state index contributed by atoms with van der Waals surface area (Å²) in [6.07, 6.45) is 2.41. The number of halogens is 3. The van der Waals surface area contributed by atoms with Crippen LogP contribution in [-0.2, 0) is 9.53 Å². The molecular formula is C29H37F3N4O4. The number of nitrogens with zero attached hydrogens (tertiary/aromatic N) is 3. The highest BCUT2D eigenvalue weighted by atomic mass is 19.3. The Hall–Kier alpha value is -3.34. The van der Waals surface area contributed by atoms with E-state index >= 15 is 4.39 Å². The second kappa shape index (κ2) is 12.4. The number of nitrogens with two attached hydrogens (primary N) is 1. The molecule has 2 aliphatic rings. The van der Waals surface area contributed by atoms with E-state index in [0.717, 1.165) is 17.7 Å². The first-order chi connectivity index (χ1) is 18.9. The summed E-state index contributed by atoms with van der Waals surface area (Å²) in [5.74, 6) is -4.00. The minimum atomic E-state index is -2.91. The number of rotatable bonds is 8. The maximum absolute atomic E-state index is 15.1. The fraction of sp³-hybridized carbons (Fsp3) is 0.552. The largest absolute Gasteiger partial charge is 0.477 e. The topological polar surface area (TPSA) is 98.0 Å². The van der Waals surface area contributed by atoms with Crippen molar-refractivity contribution in [1.82, 2.24) is 14.8 Å². The molecule has 1 aromatic carbocycles. The summed E-state index contributed by atoms with van der Waals surface area (Å²) in [5.41, 5.74) is 7.58. The molecule has 0 bridgehead atoms. The first kappa shape index (κ1) is 29.6. The first-order valence-corrected chi connectivity index (χ1v) is 13.7. The number of aromatic nitrogens is 1. The first-order valence-electron chi connectivity index (χ1n) is 13.7. The van der Waals surface area contributed by atoms with Gasteiger partial charge in [0.2, 0.25) is 11.8 Å².